The first-order chi connectivity index (χ1) is 13.3. The molecule has 0 aliphatic carbocycles. The molecule has 4 nitrogen and oxygen atoms in total. The number of ether oxygens (including phenoxy) is 1. The third-order valence-corrected chi connectivity index (χ3v) is 5.58. The van der Waals surface area contributed by atoms with Crippen LogP contribution >= 0.6 is 11.3 Å². The molecular weight excluding hydrogens is 356 g/mol. The van der Waals surface area contributed by atoms with E-state index in [-0.39, 0.29) is 5.91 Å². The monoisotopic (exact) mass is 378 g/mol. The summed E-state index contributed by atoms with van der Waals surface area (Å²) in [6.07, 6.45) is 0. The van der Waals surface area contributed by atoms with E-state index < -0.39 is 0 Å². The molecule has 4 rings (SSSR count). The number of anilines is 1. The highest BCUT2D eigenvalue weighted by Gasteiger charge is 2.22. The number of amides is 1. The van der Waals surface area contributed by atoms with Gasteiger partial charge < -0.3 is 14.5 Å². The fourth-order valence-electron chi connectivity index (χ4n) is 3.26. The maximum Gasteiger partial charge on any atom is 0.254 e. The summed E-state index contributed by atoms with van der Waals surface area (Å²) < 4.78 is 5.83. The van der Waals surface area contributed by atoms with Crippen LogP contribution < -0.4 is 9.64 Å². The van der Waals surface area contributed by atoms with E-state index in [0.29, 0.717) is 12.2 Å². The Hall–Kier alpha value is -2.79. The highest BCUT2D eigenvalue weighted by Crippen LogP contribution is 2.20. The van der Waals surface area contributed by atoms with Gasteiger partial charge in [-0.2, -0.15) is 0 Å². The maximum atomic E-state index is 12.9. The van der Waals surface area contributed by atoms with E-state index in [4.69, 9.17) is 4.74 Å². The zero-order valence-corrected chi connectivity index (χ0v) is 15.9. The first-order valence-corrected chi connectivity index (χ1v) is 10.0. The van der Waals surface area contributed by atoms with Crippen LogP contribution in [0, 0.1) is 0 Å². The van der Waals surface area contributed by atoms with Crippen molar-refractivity contribution in [3.05, 3.63) is 82.6 Å². The van der Waals surface area contributed by atoms with Crippen molar-refractivity contribution in [3.8, 4) is 5.75 Å². The molecule has 0 N–H and O–H groups in total. The first kappa shape index (κ1) is 17.6. The van der Waals surface area contributed by atoms with Crippen molar-refractivity contribution in [1.82, 2.24) is 4.90 Å². The summed E-state index contributed by atoms with van der Waals surface area (Å²) >= 11 is 1.67. The topological polar surface area (TPSA) is 32.8 Å². The largest absolute Gasteiger partial charge is 0.488 e. The van der Waals surface area contributed by atoms with Crippen LogP contribution in [0.4, 0.5) is 5.69 Å². The number of rotatable bonds is 5. The molecule has 2 heterocycles. The van der Waals surface area contributed by atoms with Gasteiger partial charge in [0, 0.05) is 42.3 Å². The number of piperazine rings is 1. The van der Waals surface area contributed by atoms with Gasteiger partial charge in [0.15, 0.2) is 0 Å². The number of para-hydroxylation sites is 1. The van der Waals surface area contributed by atoms with E-state index in [1.807, 2.05) is 52.7 Å². The van der Waals surface area contributed by atoms with Crippen molar-refractivity contribution in [1.29, 1.82) is 0 Å². The van der Waals surface area contributed by atoms with Gasteiger partial charge in [-0.05, 0) is 41.8 Å². The van der Waals surface area contributed by atoms with Gasteiger partial charge >= 0.3 is 0 Å². The van der Waals surface area contributed by atoms with Crippen molar-refractivity contribution in [2.75, 3.05) is 31.1 Å². The van der Waals surface area contributed by atoms with Crippen LogP contribution in [-0.2, 0) is 6.61 Å². The van der Waals surface area contributed by atoms with Crippen molar-refractivity contribution in [3.63, 3.8) is 0 Å². The Bertz CT molecular complexity index is 872. The summed E-state index contributed by atoms with van der Waals surface area (Å²) in [7, 11) is 0. The Morgan fingerprint density at radius 1 is 0.926 bits per heavy atom. The number of benzene rings is 2. The SMILES string of the molecule is O=C(c1cccc(OCc2cccs2)c1)N1CCN(c2ccccc2)CC1. The lowest BCUT2D eigenvalue weighted by molar-refractivity contribution is 0.0746. The molecule has 0 spiro atoms. The Balaban J connectivity index is 1.36. The molecule has 0 saturated carbocycles. The van der Waals surface area contributed by atoms with Crippen molar-refractivity contribution in [2.45, 2.75) is 6.61 Å². The summed E-state index contributed by atoms with van der Waals surface area (Å²) in [6, 6.07) is 21.9. The summed E-state index contributed by atoms with van der Waals surface area (Å²) in [5, 5.41) is 2.04. The molecule has 0 unspecified atom stereocenters. The van der Waals surface area contributed by atoms with Gasteiger partial charge in [0.25, 0.3) is 5.91 Å². The van der Waals surface area contributed by atoms with E-state index in [9.17, 15) is 4.79 Å². The van der Waals surface area contributed by atoms with Gasteiger partial charge in [-0.1, -0.05) is 30.3 Å². The number of nitrogens with zero attached hydrogens (tertiary/aromatic N) is 2. The number of hydrogen-bond donors (Lipinski definition) is 0. The quantitative estimate of drug-likeness (QED) is 0.664. The lowest BCUT2D eigenvalue weighted by atomic mass is 10.1. The molecule has 1 aliphatic heterocycles. The Labute approximate surface area is 163 Å². The molecule has 0 atom stereocenters. The van der Waals surface area contributed by atoms with Crippen LogP contribution in [0.2, 0.25) is 0 Å². The molecule has 138 valence electrons. The Kier molecular flexibility index (Phi) is 5.39. The second-order valence-corrected chi connectivity index (χ2v) is 7.54. The minimum Gasteiger partial charge on any atom is -0.488 e. The Morgan fingerprint density at radius 3 is 2.48 bits per heavy atom. The van der Waals surface area contributed by atoms with Crippen LogP contribution in [0.1, 0.15) is 15.2 Å². The fourth-order valence-corrected chi connectivity index (χ4v) is 3.87. The molecule has 27 heavy (non-hydrogen) atoms. The normalized spacial score (nSPS) is 14.2. The van der Waals surface area contributed by atoms with E-state index in [2.05, 4.69) is 29.2 Å². The molecule has 1 fully saturated rings. The summed E-state index contributed by atoms with van der Waals surface area (Å²) in [6.45, 7) is 3.70. The second kappa shape index (κ2) is 8.27. The molecule has 3 aromatic rings. The molecule has 5 heteroatoms. The molecule has 0 bridgehead atoms. The lowest BCUT2D eigenvalue weighted by Gasteiger charge is -2.36. The lowest BCUT2D eigenvalue weighted by Crippen LogP contribution is -2.48. The average Bonchev–Trinajstić information content (AvgIpc) is 3.26. The molecule has 1 aromatic heterocycles. The van der Waals surface area contributed by atoms with Crippen LogP contribution in [0.5, 0.6) is 5.75 Å². The molecule has 1 saturated heterocycles. The molecule has 1 amide bonds. The van der Waals surface area contributed by atoms with Crippen molar-refractivity contribution in [2.24, 2.45) is 0 Å². The zero-order valence-electron chi connectivity index (χ0n) is 15.1. The van der Waals surface area contributed by atoms with Crippen LogP contribution in [-0.4, -0.2) is 37.0 Å². The van der Waals surface area contributed by atoms with Gasteiger partial charge in [0.2, 0.25) is 0 Å². The standard InChI is InChI=1S/C22H22N2O2S/c25-22(24-13-11-23(12-14-24)19-7-2-1-3-8-19)18-6-4-9-20(16-18)26-17-21-10-5-15-27-21/h1-10,15-16H,11-14,17H2. The van der Waals surface area contributed by atoms with Crippen molar-refractivity contribution < 1.29 is 9.53 Å². The predicted molar refractivity (Wildman–Crippen MR) is 110 cm³/mol. The molecule has 1 aliphatic rings. The highest BCUT2D eigenvalue weighted by atomic mass is 32.1. The second-order valence-electron chi connectivity index (χ2n) is 6.51. The predicted octanol–water partition coefficient (Wildman–Crippen LogP) is 4.29. The van der Waals surface area contributed by atoms with Crippen LogP contribution in [0.15, 0.2) is 72.1 Å². The zero-order chi connectivity index (χ0) is 18.5. The summed E-state index contributed by atoms with van der Waals surface area (Å²) in [5.41, 5.74) is 1.90. The van der Waals surface area contributed by atoms with E-state index in [1.165, 1.54) is 10.6 Å². The molecular formula is C22H22N2O2S. The van der Waals surface area contributed by atoms with Gasteiger partial charge in [-0.15, -0.1) is 11.3 Å². The minimum atomic E-state index is 0.0734. The smallest absolute Gasteiger partial charge is 0.254 e. The Morgan fingerprint density at radius 2 is 1.74 bits per heavy atom. The third-order valence-electron chi connectivity index (χ3n) is 4.73. The fraction of sp³-hybridized carbons (Fsp3) is 0.227. The van der Waals surface area contributed by atoms with E-state index in [0.717, 1.165) is 31.9 Å². The number of carbonyl (C=O) groups is 1. The highest BCUT2D eigenvalue weighted by molar-refractivity contribution is 7.09. The first-order valence-electron chi connectivity index (χ1n) is 9.14. The number of thiophene rings is 1. The van der Waals surface area contributed by atoms with Gasteiger partial charge in [-0.3, -0.25) is 4.79 Å². The maximum absolute atomic E-state index is 12.9. The van der Waals surface area contributed by atoms with Crippen LogP contribution in [0.25, 0.3) is 0 Å². The van der Waals surface area contributed by atoms with E-state index in [1.54, 1.807) is 11.3 Å². The van der Waals surface area contributed by atoms with E-state index >= 15 is 0 Å². The average molecular weight is 378 g/mol. The molecule has 0 radical (unpaired) electrons. The van der Waals surface area contributed by atoms with Gasteiger partial charge in [-0.25, -0.2) is 0 Å². The van der Waals surface area contributed by atoms with Crippen molar-refractivity contribution >= 4 is 22.9 Å². The minimum absolute atomic E-state index is 0.0734. The third kappa shape index (κ3) is 4.31. The summed E-state index contributed by atoms with van der Waals surface area (Å²) in [5.74, 6) is 0.807. The molecule has 2 aromatic carbocycles. The number of hydrogen-bond acceptors (Lipinski definition) is 4. The van der Waals surface area contributed by atoms with Gasteiger partial charge in [0.1, 0.15) is 12.4 Å². The van der Waals surface area contributed by atoms with Gasteiger partial charge in [0.05, 0.1) is 0 Å². The van der Waals surface area contributed by atoms with Crippen LogP contribution in [0.3, 0.4) is 0 Å². The summed E-state index contributed by atoms with van der Waals surface area (Å²) in [4.78, 5) is 18.3. The number of carbonyl (C=O) groups excluding carboxylic acids is 1.